The van der Waals surface area contributed by atoms with E-state index in [9.17, 15) is 4.39 Å². The van der Waals surface area contributed by atoms with E-state index in [2.05, 4.69) is 12.2 Å². The Labute approximate surface area is 116 Å². The van der Waals surface area contributed by atoms with Crippen LogP contribution in [0.2, 0.25) is 0 Å². The van der Waals surface area contributed by atoms with E-state index >= 15 is 0 Å². The topological polar surface area (TPSA) is 12.0 Å². The molecule has 1 N–H and O–H groups in total. The Balaban J connectivity index is 2.13. The number of aryl methyl sites for hydroxylation is 1. The average Bonchev–Trinajstić information content (AvgIpc) is 2.91. The molecule has 2 rings (SSSR count). The van der Waals surface area contributed by atoms with Gasteiger partial charge >= 0.3 is 0 Å². The minimum atomic E-state index is -0.0194. The molecule has 0 bridgehead atoms. The molecule has 1 aliphatic rings. The molecule has 19 heavy (non-hydrogen) atoms. The predicted octanol–water partition coefficient (Wildman–Crippen LogP) is 4.76. The van der Waals surface area contributed by atoms with E-state index in [1.807, 2.05) is 25.1 Å². The lowest BCUT2D eigenvalue weighted by Gasteiger charge is -2.23. The lowest BCUT2D eigenvalue weighted by molar-refractivity contribution is 0.385. The molecule has 1 unspecified atom stereocenters. The highest BCUT2D eigenvalue weighted by atomic mass is 19.1. The quantitative estimate of drug-likeness (QED) is 0.780. The Morgan fingerprint density at radius 1 is 1.32 bits per heavy atom. The lowest BCUT2D eigenvalue weighted by atomic mass is 9.92. The Morgan fingerprint density at radius 3 is 2.74 bits per heavy atom. The number of hydrogen-bond donors (Lipinski definition) is 1. The molecule has 0 heterocycles. The summed E-state index contributed by atoms with van der Waals surface area (Å²) in [6, 6.07) is 5.96. The molecule has 0 aliphatic heterocycles. The zero-order valence-corrected chi connectivity index (χ0v) is 12.2. The van der Waals surface area contributed by atoms with Crippen molar-refractivity contribution in [1.29, 1.82) is 0 Å². The standard InChI is InChI=1S/C17H26FN/c1-3-11-19-16(12-14-8-4-5-9-14)15-10-6-7-13(2)17(15)18/h6-7,10,14,16,19H,3-5,8-9,11-12H2,1-2H3. The molecule has 1 saturated carbocycles. The maximum Gasteiger partial charge on any atom is 0.130 e. The lowest BCUT2D eigenvalue weighted by Crippen LogP contribution is -2.25. The minimum absolute atomic E-state index is 0.0194. The summed E-state index contributed by atoms with van der Waals surface area (Å²) in [5.41, 5.74) is 1.62. The summed E-state index contributed by atoms with van der Waals surface area (Å²) < 4.78 is 14.3. The zero-order chi connectivity index (χ0) is 13.7. The third kappa shape index (κ3) is 3.79. The van der Waals surface area contributed by atoms with Gasteiger partial charge in [-0.25, -0.2) is 4.39 Å². The molecule has 0 radical (unpaired) electrons. The van der Waals surface area contributed by atoms with Gasteiger partial charge in [0.05, 0.1) is 0 Å². The van der Waals surface area contributed by atoms with Gasteiger partial charge in [-0.2, -0.15) is 0 Å². The van der Waals surface area contributed by atoms with Crippen LogP contribution >= 0.6 is 0 Å². The summed E-state index contributed by atoms with van der Waals surface area (Å²) in [4.78, 5) is 0. The largest absolute Gasteiger partial charge is 0.310 e. The average molecular weight is 263 g/mol. The fraction of sp³-hybridized carbons (Fsp3) is 0.647. The molecule has 0 saturated heterocycles. The Bertz CT molecular complexity index is 396. The van der Waals surface area contributed by atoms with Crippen molar-refractivity contribution in [1.82, 2.24) is 5.32 Å². The van der Waals surface area contributed by atoms with E-state index in [0.717, 1.165) is 36.4 Å². The number of hydrogen-bond acceptors (Lipinski definition) is 1. The van der Waals surface area contributed by atoms with Crippen molar-refractivity contribution < 1.29 is 4.39 Å². The molecule has 1 atom stereocenters. The first kappa shape index (κ1) is 14.5. The van der Waals surface area contributed by atoms with Gasteiger partial charge < -0.3 is 5.32 Å². The van der Waals surface area contributed by atoms with Gasteiger partial charge in [0, 0.05) is 11.6 Å². The van der Waals surface area contributed by atoms with Gasteiger partial charge in [0.2, 0.25) is 0 Å². The smallest absolute Gasteiger partial charge is 0.130 e. The highest BCUT2D eigenvalue weighted by molar-refractivity contribution is 5.27. The number of halogens is 1. The molecule has 106 valence electrons. The fourth-order valence-corrected chi connectivity index (χ4v) is 3.16. The van der Waals surface area contributed by atoms with Crippen molar-refractivity contribution in [3.05, 3.63) is 35.1 Å². The highest BCUT2D eigenvalue weighted by Gasteiger charge is 2.23. The van der Waals surface area contributed by atoms with Crippen LogP contribution in [-0.4, -0.2) is 6.54 Å². The van der Waals surface area contributed by atoms with Crippen LogP contribution < -0.4 is 5.32 Å². The van der Waals surface area contributed by atoms with Crippen LogP contribution in [0.1, 0.15) is 62.6 Å². The molecule has 1 nitrogen and oxygen atoms in total. The first-order valence-corrected chi connectivity index (χ1v) is 7.70. The third-order valence-electron chi connectivity index (χ3n) is 4.28. The Hall–Kier alpha value is -0.890. The molecular formula is C17H26FN. The molecule has 0 spiro atoms. The summed E-state index contributed by atoms with van der Waals surface area (Å²) in [6.45, 7) is 4.97. The van der Waals surface area contributed by atoms with Crippen LogP contribution in [0.3, 0.4) is 0 Å². The van der Waals surface area contributed by atoms with Crippen molar-refractivity contribution in [2.24, 2.45) is 5.92 Å². The maximum atomic E-state index is 14.3. The van der Waals surface area contributed by atoms with E-state index in [4.69, 9.17) is 0 Å². The second-order valence-electron chi connectivity index (χ2n) is 5.87. The van der Waals surface area contributed by atoms with Crippen LogP contribution in [0.4, 0.5) is 4.39 Å². The number of nitrogens with one attached hydrogen (secondary N) is 1. The molecule has 2 heteroatoms. The molecule has 0 amide bonds. The summed E-state index contributed by atoms with van der Waals surface area (Å²) in [7, 11) is 0. The van der Waals surface area contributed by atoms with Crippen LogP contribution in [-0.2, 0) is 0 Å². The van der Waals surface area contributed by atoms with Crippen LogP contribution in [0.15, 0.2) is 18.2 Å². The van der Waals surface area contributed by atoms with E-state index < -0.39 is 0 Å². The summed E-state index contributed by atoms with van der Waals surface area (Å²) in [5, 5.41) is 3.54. The Morgan fingerprint density at radius 2 is 2.05 bits per heavy atom. The normalized spacial score (nSPS) is 17.8. The van der Waals surface area contributed by atoms with Gasteiger partial charge in [-0.05, 0) is 37.8 Å². The van der Waals surface area contributed by atoms with Crippen molar-refractivity contribution in [3.8, 4) is 0 Å². The maximum absolute atomic E-state index is 14.3. The molecule has 0 aromatic heterocycles. The number of benzene rings is 1. The van der Waals surface area contributed by atoms with Gasteiger partial charge in [-0.15, -0.1) is 0 Å². The van der Waals surface area contributed by atoms with Gasteiger partial charge in [-0.1, -0.05) is 50.8 Å². The van der Waals surface area contributed by atoms with Crippen molar-refractivity contribution >= 4 is 0 Å². The van der Waals surface area contributed by atoms with Crippen molar-refractivity contribution in [3.63, 3.8) is 0 Å². The SMILES string of the molecule is CCCNC(CC1CCCC1)c1cccc(C)c1F. The van der Waals surface area contributed by atoms with E-state index in [1.165, 1.54) is 25.7 Å². The highest BCUT2D eigenvalue weighted by Crippen LogP contribution is 2.34. The number of rotatable bonds is 6. The summed E-state index contributed by atoms with van der Waals surface area (Å²) in [6.07, 6.45) is 7.51. The summed E-state index contributed by atoms with van der Waals surface area (Å²) in [5.74, 6) is 0.753. The van der Waals surface area contributed by atoms with Gasteiger partial charge in [0.25, 0.3) is 0 Å². The van der Waals surface area contributed by atoms with E-state index in [-0.39, 0.29) is 11.9 Å². The predicted molar refractivity (Wildman–Crippen MR) is 78.7 cm³/mol. The van der Waals surface area contributed by atoms with Gasteiger partial charge in [0.1, 0.15) is 5.82 Å². The zero-order valence-electron chi connectivity index (χ0n) is 12.2. The monoisotopic (exact) mass is 263 g/mol. The first-order valence-electron chi connectivity index (χ1n) is 7.70. The van der Waals surface area contributed by atoms with Gasteiger partial charge in [0.15, 0.2) is 0 Å². The van der Waals surface area contributed by atoms with Crippen LogP contribution in [0.5, 0.6) is 0 Å². The minimum Gasteiger partial charge on any atom is -0.310 e. The molecule has 1 aliphatic carbocycles. The summed E-state index contributed by atoms with van der Waals surface area (Å²) >= 11 is 0. The molecule has 1 aromatic rings. The molecular weight excluding hydrogens is 237 g/mol. The second kappa shape index (κ2) is 7.04. The second-order valence-corrected chi connectivity index (χ2v) is 5.87. The van der Waals surface area contributed by atoms with E-state index in [0.29, 0.717) is 0 Å². The van der Waals surface area contributed by atoms with Crippen molar-refractivity contribution in [2.45, 2.75) is 58.4 Å². The third-order valence-corrected chi connectivity index (χ3v) is 4.28. The molecule has 1 fully saturated rings. The first-order chi connectivity index (χ1) is 9.22. The fourth-order valence-electron chi connectivity index (χ4n) is 3.16. The van der Waals surface area contributed by atoms with Crippen LogP contribution in [0, 0.1) is 18.7 Å². The Kier molecular flexibility index (Phi) is 5.38. The van der Waals surface area contributed by atoms with E-state index in [1.54, 1.807) is 0 Å². The van der Waals surface area contributed by atoms with Crippen molar-refractivity contribution in [2.75, 3.05) is 6.54 Å². The van der Waals surface area contributed by atoms with Crippen LogP contribution in [0.25, 0.3) is 0 Å². The molecule has 1 aromatic carbocycles. The van der Waals surface area contributed by atoms with Gasteiger partial charge in [-0.3, -0.25) is 0 Å².